The number of anilines is 2. The smallest absolute Gasteiger partial charge is 0.338 e. The van der Waals surface area contributed by atoms with Gasteiger partial charge in [0.1, 0.15) is 0 Å². The Hall–Kier alpha value is -3.74. The van der Waals surface area contributed by atoms with Gasteiger partial charge in [-0.05, 0) is 48.9 Å². The van der Waals surface area contributed by atoms with E-state index in [1.54, 1.807) is 43.3 Å². The fourth-order valence-electron chi connectivity index (χ4n) is 2.69. The van der Waals surface area contributed by atoms with E-state index < -0.39 is 5.97 Å². The number of ether oxygens (including phenoxy) is 1. The summed E-state index contributed by atoms with van der Waals surface area (Å²) in [7, 11) is 1.92. The number of nitrogens with zero attached hydrogens (tertiary/aromatic N) is 3. The van der Waals surface area contributed by atoms with E-state index in [1.807, 2.05) is 42.3 Å². The number of aromatic nitrogens is 2. The quantitative estimate of drug-likeness (QED) is 0.621. The van der Waals surface area contributed by atoms with Gasteiger partial charge in [-0.25, -0.2) is 4.79 Å². The number of nitrogens with one attached hydrogen (secondary N) is 1. The Morgan fingerprint density at radius 3 is 2.31 bits per heavy atom. The highest BCUT2D eigenvalue weighted by atomic mass is 16.5. The van der Waals surface area contributed by atoms with E-state index in [1.165, 1.54) is 0 Å². The van der Waals surface area contributed by atoms with Gasteiger partial charge in [-0.1, -0.05) is 30.3 Å². The number of hydrogen-bond acceptors (Lipinski definition) is 6. The van der Waals surface area contributed by atoms with E-state index in [-0.39, 0.29) is 11.6 Å². The SMILES string of the molecule is CCOC(=O)c1ccc(NC(=O)c2ccc(N(C)Cc3ccccc3)nn2)cc1. The lowest BCUT2D eigenvalue weighted by molar-refractivity contribution is 0.0526. The lowest BCUT2D eigenvalue weighted by atomic mass is 10.2. The molecule has 0 aliphatic rings. The van der Waals surface area contributed by atoms with Crippen LogP contribution >= 0.6 is 0 Å². The van der Waals surface area contributed by atoms with Gasteiger partial charge in [-0.3, -0.25) is 4.79 Å². The monoisotopic (exact) mass is 390 g/mol. The molecule has 3 rings (SSSR count). The molecule has 0 aliphatic carbocycles. The van der Waals surface area contributed by atoms with Crippen LogP contribution in [0.25, 0.3) is 0 Å². The van der Waals surface area contributed by atoms with Gasteiger partial charge in [-0.2, -0.15) is 0 Å². The highest BCUT2D eigenvalue weighted by Gasteiger charge is 2.12. The summed E-state index contributed by atoms with van der Waals surface area (Å²) in [5.41, 5.74) is 2.34. The van der Waals surface area contributed by atoms with Crippen LogP contribution in [0.3, 0.4) is 0 Å². The van der Waals surface area contributed by atoms with Crippen molar-refractivity contribution in [1.82, 2.24) is 10.2 Å². The molecule has 0 spiro atoms. The fraction of sp³-hybridized carbons (Fsp3) is 0.182. The van der Waals surface area contributed by atoms with E-state index >= 15 is 0 Å². The number of rotatable bonds is 7. The minimum absolute atomic E-state index is 0.205. The van der Waals surface area contributed by atoms with Gasteiger partial charge in [0.25, 0.3) is 5.91 Å². The van der Waals surface area contributed by atoms with Crippen LogP contribution in [0, 0.1) is 0 Å². The topological polar surface area (TPSA) is 84.4 Å². The predicted molar refractivity (Wildman–Crippen MR) is 111 cm³/mol. The molecule has 0 fully saturated rings. The lowest BCUT2D eigenvalue weighted by Crippen LogP contribution is -2.20. The van der Waals surface area contributed by atoms with Crippen molar-refractivity contribution in [2.24, 2.45) is 0 Å². The van der Waals surface area contributed by atoms with Crippen molar-refractivity contribution in [2.45, 2.75) is 13.5 Å². The molecule has 2 aromatic carbocycles. The maximum Gasteiger partial charge on any atom is 0.338 e. The second-order valence-corrected chi connectivity index (χ2v) is 6.37. The molecule has 0 aliphatic heterocycles. The van der Waals surface area contributed by atoms with Crippen LogP contribution in [0.5, 0.6) is 0 Å². The van der Waals surface area contributed by atoms with Crippen molar-refractivity contribution in [3.8, 4) is 0 Å². The molecule has 1 N–H and O–H groups in total. The van der Waals surface area contributed by atoms with Gasteiger partial charge in [0.2, 0.25) is 0 Å². The summed E-state index contributed by atoms with van der Waals surface area (Å²) >= 11 is 0. The molecular weight excluding hydrogens is 368 g/mol. The first kappa shape index (κ1) is 20.0. The maximum atomic E-state index is 12.4. The van der Waals surface area contributed by atoms with Gasteiger partial charge in [0.15, 0.2) is 11.5 Å². The molecule has 0 saturated carbocycles. The molecule has 3 aromatic rings. The highest BCUT2D eigenvalue weighted by Crippen LogP contribution is 2.14. The highest BCUT2D eigenvalue weighted by molar-refractivity contribution is 6.03. The first-order chi connectivity index (χ1) is 14.1. The number of esters is 1. The predicted octanol–water partition coefficient (Wildman–Crippen LogP) is 3.54. The van der Waals surface area contributed by atoms with Crippen molar-refractivity contribution in [1.29, 1.82) is 0 Å². The summed E-state index contributed by atoms with van der Waals surface area (Å²) in [5, 5.41) is 10.9. The van der Waals surface area contributed by atoms with Crippen LogP contribution in [0.2, 0.25) is 0 Å². The minimum Gasteiger partial charge on any atom is -0.462 e. The largest absolute Gasteiger partial charge is 0.462 e. The van der Waals surface area contributed by atoms with Gasteiger partial charge < -0.3 is 15.0 Å². The first-order valence-corrected chi connectivity index (χ1v) is 9.24. The molecule has 0 radical (unpaired) electrons. The zero-order valence-electron chi connectivity index (χ0n) is 16.3. The number of carbonyl (C=O) groups excluding carboxylic acids is 2. The van der Waals surface area contributed by atoms with Crippen LogP contribution in [0.4, 0.5) is 11.5 Å². The molecule has 29 heavy (non-hydrogen) atoms. The lowest BCUT2D eigenvalue weighted by Gasteiger charge is -2.17. The van der Waals surface area contributed by atoms with Crippen LogP contribution in [0.1, 0.15) is 33.3 Å². The van der Waals surface area contributed by atoms with Gasteiger partial charge in [0.05, 0.1) is 12.2 Å². The van der Waals surface area contributed by atoms with Gasteiger partial charge >= 0.3 is 5.97 Å². The van der Waals surface area contributed by atoms with Crippen LogP contribution < -0.4 is 10.2 Å². The Labute approximate surface area is 169 Å². The Morgan fingerprint density at radius 1 is 0.966 bits per heavy atom. The van der Waals surface area contributed by atoms with Crippen molar-refractivity contribution in [3.05, 3.63) is 83.6 Å². The molecule has 7 nitrogen and oxygen atoms in total. The van der Waals surface area contributed by atoms with E-state index in [9.17, 15) is 9.59 Å². The second kappa shape index (κ2) is 9.45. The molecule has 148 valence electrons. The number of carbonyl (C=O) groups is 2. The molecule has 1 amide bonds. The third kappa shape index (κ3) is 5.38. The van der Waals surface area contributed by atoms with Crippen LogP contribution in [-0.4, -0.2) is 35.7 Å². The van der Waals surface area contributed by atoms with Crippen LogP contribution in [-0.2, 0) is 11.3 Å². The zero-order chi connectivity index (χ0) is 20.6. The van der Waals surface area contributed by atoms with Crippen molar-refractivity contribution in [2.75, 3.05) is 23.9 Å². The molecule has 0 unspecified atom stereocenters. The molecule has 0 saturated heterocycles. The molecule has 7 heteroatoms. The molecule has 1 heterocycles. The minimum atomic E-state index is -0.397. The third-order valence-electron chi connectivity index (χ3n) is 4.19. The second-order valence-electron chi connectivity index (χ2n) is 6.37. The molecular formula is C22H22N4O3. The number of benzene rings is 2. The summed E-state index contributed by atoms with van der Waals surface area (Å²) in [6, 6.07) is 19.9. The fourth-order valence-corrected chi connectivity index (χ4v) is 2.69. The average Bonchev–Trinajstić information content (AvgIpc) is 2.75. The van der Waals surface area contributed by atoms with E-state index in [0.717, 1.165) is 5.56 Å². The first-order valence-electron chi connectivity index (χ1n) is 9.24. The Bertz CT molecular complexity index is 958. The zero-order valence-corrected chi connectivity index (χ0v) is 16.3. The van der Waals surface area contributed by atoms with Crippen molar-refractivity contribution in [3.63, 3.8) is 0 Å². The maximum absolute atomic E-state index is 12.4. The van der Waals surface area contributed by atoms with E-state index in [2.05, 4.69) is 15.5 Å². The molecule has 0 atom stereocenters. The number of amides is 1. The normalized spacial score (nSPS) is 10.3. The summed E-state index contributed by atoms with van der Waals surface area (Å²) in [6.07, 6.45) is 0. The summed E-state index contributed by atoms with van der Waals surface area (Å²) in [5.74, 6) is -0.103. The van der Waals surface area contributed by atoms with Gasteiger partial charge in [0, 0.05) is 19.3 Å². The Morgan fingerprint density at radius 2 is 1.69 bits per heavy atom. The van der Waals surface area contributed by atoms with E-state index in [0.29, 0.717) is 30.2 Å². The van der Waals surface area contributed by atoms with Crippen molar-refractivity contribution >= 4 is 23.4 Å². The Kier molecular flexibility index (Phi) is 6.52. The van der Waals surface area contributed by atoms with E-state index in [4.69, 9.17) is 4.74 Å². The van der Waals surface area contributed by atoms with Gasteiger partial charge in [-0.15, -0.1) is 10.2 Å². The summed E-state index contributed by atoms with van der Waals surface area (Å²) in [4.78, 5) is 26.0. The standard InChI is InChI=1S/C22H22N4O3/c1-3-29-22(28)17-9-11-18(12-10-17)23-21(27)19-13-14-20(25-24-19)26(2)15-16-7-5-4-6-8-16/h4-14H,3,15H2,1-2H3,(H,23,27). The van der Waals surface area contributed by atoms with Crippen molar-refractivity contribution < 1.29 is 14.3 Å². The summed E-state index contributed by atoms with van der Waals surface area (Å²) in [6.45, 7) is 2.75. The Balaban J connectivity index is 1.60. The average molecular weight is 390 g/mol. The third-order valence-corrected chi connectivity index (χ3v) is 4.19. The molecule has 1 aromatic heterocycles. The molecule has 0 bridgehead atoms. The summed E-state index contributed by atoms with van der Waals surface area (Å²) < 4.78 is 4.94. The number of hydrogen-bond donors (Lipinski definition) is 1. The van der Waals surface area contributed by atoms with Crippen LogP contribution in [0.15, 0.2) is 66.7 Å².